The van der Waals surface area contributed by atoms with Gasteiger partial charge >= 0.3 is 11.9 Å². The van der Waals surface area contributed by atoms with Crippen LogP contribution in [0.1, 0.15) is 11.7 Å². The van der Waals surface area contributed by atoms with Crippen molar-refractivity contribution in [3.8, 4) is 0 Å². The van der Waals surface area contributed by atoms with Crippen molar-refractivity contribution in [2.75, 3.05) is 6.61 Å². The fourth-order valence-electron chi connectivity index (χ4n) is 1.27. The second-order valence-electron chi connectivity index (χ2n) is 3.37. The highest BCUT2D eigenvalue weighted by atomic mass is 16.6. The summed E-state index contributed by atoms with van der Waals surface area (Å²) in [4.78, 5) is 22.2. The normalized spacial score (nSPS) is 11.1. The van der Waals surface area contributed by atoms with Crippen LogP contribution in [0.25, 0.3) is 0 Å². The van der Waals surface area contributed by atoms with Crippen molar-refractivity contribution in [2.45, 2.75) is 6.10 Å². The summed E-state index contributed by atoms with van der Waals surface area (Å²) < 4.78 is 10.00. The average Bonchev–Trinajstić information content (AvgIpc) is 2.43. The molecule has 0 N–H and O–H groups in total. The van der Waals surface area contributed by atoms with E-state index >= 15 is 0 Å². The van der Waals surface area contributed by atoms with Crippen LogP contribution in [0.15, 0.2) is 55.6 Å². The summed E-state index contributed by atoms with van der Waals surface area (Å²) >= 11 is 0. The summed E-state index contributed by atoms with van der Waals surface area (Å²) in [7, 11) is 0. The maximum atomic E-state index is 11.2. The van der Waals surface area contributed by atoms with E-state index in [-0.39, 0.29) is 6.61 Å². The van der Waals surface area contributed by atoms with Gasteiger partial charge in [0.1, 0.15) is 6.61 Å². The third-order valence-electron chi connectivity index (χ3n) is 2.14. The summed E-state index contributed by atoms with van der Waals surface area (Å²) in [6, 6.07) is 9.01. The van der Waals surface area contributed by atoms with Gasteiger partial charge in [0, 0.05) is 12.2 Å². The first-order valence-corrected chi connectivity index (χ1v) is 5.34. The predicted octanol–water partition coefficient (Wildman–Crippen LogP) is 2.19. The van der Waals surface area contributed by atoms with Gasteiger partial charge in [-0.05, 0) is 5.56 Å². The molecule has 0 fully saturated rings. The lowest BCUT2D eigenvalue weighted by Crippen LogP contribution is -2.17. The van der Waals surface area contributed by atoms with Crippen LogP contribution in [0.5, 0.6) is 0 Å². The van der Waals surface area contributed by atoms with E-state index in [1.807, 2.05) is 6.07 Å². The Bertz CT molecular complexity index is 436. The van der Waals surface area contributed by atoms with Gasteiger partial charge in [-0.25, -0.2) is 9.59 Å². The van der Waals surface area contributed by atoms with E-state index in [1.54, 1.807) is 24.3 Å². The van der Waals surface area contributed by atoms with E-state index in [0.717, 1.165) is 17.7 Å². The Morgan fingerprint density at radius 3 is 2.28 bits per heavy atom. The first-order chi connectivity index (χ1) is 8.67. The number of esters is 2. The molecule has 0 spiro atoms. The molecule has 4 nitrogen and oxygen atoms in total. The SMILES string of the molecule is C=CC(=O)OCC(OC(=O)C=C)c1ccccc1. The fraction of sp³-hybridized carbons (Fsp3) is 0.143. The van der Waals surface area contributed by atoms with E-state index in [2.05, 4.69) is 13.2 Å². The number of benzene rings is 1. The maximum Gasteiger partial charge on any atom is 0.330 e. The Balaban J connectivity index is 2.75. The van der Waals surface area contributed by atoms with Crippen LogP contribution in [-0.4, -0.2) is 18.5 Å². The second kappa shape index (κ2) is 7.06. The molecule has 0 bridgehead atoms. The van der Waals surface area contributed by atoms with Gasteiger partial charge in [-0.1, -0.05) is 43.5 Å². The Hall–Kier alpha value is -2.36. The Kier molecular flexibility index (Phi) is 5.38. The Morgan fingerprint density at radius 2 is 1.72 bits per heavy atom. The predicted molar refractivity (Wildman–Crippen MR) is 66.6 cm³/mol. The van der Waals surface area contributed by atoms with Crippen LogP contribution < -0.4 is 0 Å². The molecule has 0 radical (unpaired) electrons. The van der Waals surface area contributed by atoms with Crippen LogP contribution in [0.3, 0.4) is 0 Å². The fourth-order valence-corrected chi connectivity index (χ4v) is 1.27. The lowest BCUT2D eigenvalue weighted by Gasteiger charge is -2.16. The molecule has 1 rings (SSSR count). The molecule has 18 heavy (non-hydrogen) atoms. The van der Waals surface area contributed by atoms with Gasteiger partial charge in [0.2, 0.25) is 0 Å². The van der Waals surface area contributed by atoms with Crippen molar-refractivity contribution in [3.05, 3.63) is 61.2 Å². The van der Waals surface area contributed by atoms with E-state index in [0.29, 0.717) is 0 Å². The monoisotopic (exact) mass is 246 g/mol. The Morgan fingerprint density at radius 1 is 1.11 bits per heavy atom. The quantitative estimate of drug-likeness (QED) is 0.570. The van der Waals surface area contributed by atoms with Gasteiger partial charge in [0.05, 0.1) is 0 Å². The van der Waals surface area contributed by atoms with Crippen molar-refractivity contribution < 1.29 is 19.1 Å². The van der Waals surface area contributed by atoms with Gasteiger partial charge in [0.15, 0.2) is 6.10 Å². The van der Waals surface area contributed by atoms with Crippen LogP contribution in [0.4, 0.5) is 0 Å². The van der Waals surface area contributed by atoms with Gasteiger partial charge < -0.3 is 9.47 Å². The zero-order chi connectivity index (χ0) is 13.4. The van der Waals surface area contributed by atoms with Crippen molar-refractivity contribution in [3.63, 3.8) is 0 Å². The second-order valence-corrected chi connectivity index (χ2v) is 3.37. The van der Waals surface area contributed by atoms with E-state index in [9.17, 15) is 9.59 Å². The first kappa shape index (κ1) is 13.7. The van der Waals surface area contributed by atoms with E-state index in [1.165, 1.54) is 0 Å². The van der Waals surface area contributed by atoms with Gasteiger partial charge in [-0.15, -0.1) is 0 Å². The molecule has 1 aromatic rings. The molecule has 1 atom stereocenters. The number of ether oxygens (including phenoxy) is 2. The summed E-state index contributed by atoms with van der Waals surface area (Å²) in [5, 5.41) is 0. The standard InChI is InChI=1S/C14H14O4/c1-3-13(15)17-10-12(18-14(16)4-2)11-8-6-5-7-9-11/h3-9,12H,1-2,10H2. The van der Waals surface area contributed by atoms with Gasteiger partial charge in [-0.2, -0.15) is 0 Å². The summed E-state index contributed by atoms with van der Waals surface area (Å²) in [5.41, 5.74) is 0.740. The molecule has 0 aliphatic rings. The maximum absolute atomic E-state index is 11.2. The number of hydrogen-bond acceptors (Lipinski definition) is 4. The highest BCUT2D eigenvalue weighted by Crippen LogP contribution is 2.18. The number of carbonyl (C=O) groups excluding carboxylic acids is 2. The van der Waals surface area contributed by atoms with E-state index < -0.39 is 18.0 Å². The largest absolute Gasteiger partial charge is 0.458 e. The third kappa shape index (κ3) is 4.25. The lowest BCUT2D eigenvalue weighted by atomic mass is 10.1. The minimum Gasteiger partial charge on any atom is -0.458 e. The van der Waals surface area contributed by atoms with Crippen molar-refractivity contribution in [1.29, 1.82) is 0 Å². The van der Waals surface area contributed by atoms with Crippen molar-refractivity contribution >= 4 is 11.9 Å². The van der Waals surface area contributed by atoms with Crippen LogP contribution >= 0.6 is 0 Å². The molecule has 0 amide bonds. The molecule has 0 saturated carbocycles. The zero-order valence-electron chi connectivity index (χ0n) is 9.87. The number of rotatable bonds is 6. The molecule has 1 aromatic carbocycles. The van der Waals surface area contributed by atoms with Crippen molar-refractivity contribution in [2.24, 2.45) is 0 Å². The minimum absolute atomic E-state index is 0.0611. The summed E-state index contributed by atoms with van der Waals surface area (Å²) in [6.07, 6.45) is 1.46. The van der Waals surface area contributed by atoms with E-state index in [4.69, 9.17) is 9.47 Å². The number of hydrogen-bond donors (Lipinski definition) is 0. The molecular weight excluding hydrogens is 232 g/mol. The lowest BCUT2D eigenvalue weighted by molar-refractivity contribution is -0.153. The highest BCUT2D eigenvalue weighted by molar-refractivity contribution is 5.82. The van der Waals surface area contributed by atoms with Crippen LogP contribution in [0, 0.1) is 0 Å². The zero-order valence-corrected chi connectivity index (χ0v) is 9.87. The van der Waals surface area contributed by atoms with Crippen LogP contribution in [0.2, 0.25) is 0 Å². The summed E-state index contributed by atoms with van der Waals surface area (Å²) in [6.45, 7) is 6.55. The minimum atomic E-state index is -0.652. The molecule has 0 aromatic heterocycles. The highest BCUT2D eigenvalue weighted by Gasteiger charge is 2.16. The smallest absolute Gasteiger partial charge is 0.330 e. The molecule has 94 valence electrons. The molecule has 0 aliphatic carbocycles. The third-order valence-corrected chi connectivity index (χ3v) is 2.14. The summed E-state index contributed by atoms with van der Waals surface area (Å²) in [5.74, 6) is -1.14. The number of carbonyl (C=O) groups is 2. The van der Waals surface area contributed by atoms with Crippen molar-refractivity contribution in [1.82, 2.24) is 0 Å². The average molecular weight is 246 g/mol. The van der Waals surface area contributed by atoms with Gasteiger partial charge in [-0.3, -0.25) is 0 Å². The first-order valence-electron chi connectivity index (χ1n) is 5.34. The van der Waals surface area contributed by atoms with Crippen LogP contribution in [-0.2, 0) is 19.1 Å². The topological polar surface area (TPSA) is 52.6 Å². The Labute approximate surface area is 106 Å². The molecule has 4 heteroatoms. The van der Waals surface area contributed by atoms with Gasteiger partial charge in [0.25, 0.3) is 0 Å². The molecular formula is C14H14O4. The molecule has 0 saturated heterocycles. The molecule has 1 unspecified atom stereocenters. The molecule has 0 aliphatic heterocycles. The molecule has 0 heterocycles.